The Balaban J connectivity index is 1.30. The van der Waals surface area contributed by atoms with Crippen LogP contribution in [0.2, 0.25) is 0 Å². The monoisotopic (exact) mass is 410 g/mol. The molecule has 4 aromatic rings. The molecule has 2 aromatic heterocycles. The van der Waals surface area contributed by atoms with E-state index < -0.39 is 0 Å². The van der Waals surface area contributed by atoms with Gasteiger partial charge in [-0.25, -0.2) is 9.50 Å². The summed E-state index contributed by atoms with van der Waals surface area (Å²) in [4.78, 5) is 32.9. The molecule has 2 aromatic carbocycles. The minimum absolute atomic E-state index is 0.105. The number of carbonyl (C=O) groups is 2. The number of aromatic nitrogens is 3. The molecular weight excluding hydrogens is 388 g/mol. The molecule has 31 heavy (non-hydrogen) atoms. The average Bonchev–Trinajstić information content (AvgIpc) is 3.44. The molecule has 1 amide bonds. The second kappa shape index (κ2) is 7.01. The summed E-state index contributed by atoms with van der Waals surface area (Å²) < 4.78 is 1.60. The van der Waals surface area contributed by atoms with Crippen LogP contribution in [0.4, 0.5) is 0 Å². The highest BCUT2D eigenvalue weighted by Gasteiger charge is 2.32. The van der Waals surface area contributed by atoms with Crippen LogP contribution in [0, 0.1) is 5.92 Å². The van der Waals surface area contributed by atoms with Gasteiger partial charge in [-0.2, -0.15) is 5.10 Å². The van der Waals surface area contributed by atoms with Crippen molar-refractivity contribution in [3.63, 3.8) is 0 Å². The molecule has 6 rings (SSSR count). The van der Waals surface area contributed by atoms with Gasteiger partial charge >= 0.3 is 0 Å². The number of fused-ring (bicyclic) bond motifs is 1. The third kappa shape index (κ3) is 2.86. The van der Waals surface area contributed by atoms with Gasteiger partial charge in [0.2, 0.25) is 0 Å². The first-order valence-electron chi connectivity index (χ1n) is 10.9. The first-order valence-corrected chi connectivity index (χ1v) is 10.9. The standard InChI is InChI=1S/C25H22N4O2/c30-23(20-10-9-17-8-7-16-4-1-6-19(20)22(16)17)18-5-2-12-28(15-18)25(31)21-14-27-29-13-3-11-26-24(21)29/h1,3-4,6,9-11,13-14,18H,2,5,7-8,12,15H2/t18-/m1/s1. The van der Waals surface area contributed by atoms with E-state index >= 15 is 0 Å². The Labute approximate surface area is 179 Å². The van der Waals surface area contributed by atoms with Crippen LogP contribution in [0.15, 0.2) is 55.0 Å². The number of aryl methyl sites for hydroxylation is 2. The number of benzene rings is 2. The van der Waals surface area contributed by atoms with Crippen molar-refractivity contribution in [1.82, 2.24) is 19.5 Å². The zero-order chi connectivity index (χ0) is 20.9. The van der Waals surface area contributed by atoms with Crippen molar-refractivity contribution in [2.45, 2.75) is 25.7 Å². The lowest BCUT2D eigenvalue weighted by Gasteiger charge is -2.32. The predicted octanol–water partition coefficient (Wildman–Crippen LogP) is 3.72. The molecule has 1 aliphatic heterocycles. The fourth-order valence-electron chi connectivity index (χ4n) is 5.21. The van der Waals surface area contributed by atoms with Gasteiger partial charge in [0, 0.05) is 37.0 Å². The lowest BCUT2D eigenvalue weighted by molar-refractivity contribution is 0.0639. The first-order chi connectivity index (χ1) is 15.2. The van der Waals surface area contributed by atoms with Crippen LogP contribution in [-0.4, -0.2) is 44.3 Å². The summed E-state index contributed by atoms with van der Waals surface area (Å²) in [7, 11) is 0. The molecule has 3 heterocycles. The molecule has 0 unspecified atom stereocenters. The van der Waals surface area contributed by atoms with E-state index in [0.29, 0.717) is 24.3 Å². The molecule has 0 bridgehead atoms. The number of likely N-dealkylation sites (tertiary alicyclic amines) is 1. The zero-order valence-corrected chi connectivity index (χ0v) is 17.1. The number of ketones is 1. The Morgan fingerprint density at radius 2 is 1.87 bits per heavy atom. The number of amides is 1. The van der Waals surface area contributed by atoms with E-state index in [9.17, 15) is 9.59 Å². The minimum Gasteiger partial charge on any atom is -0.338 e. The maximum absolute atomic E-state index is 13.6. The Morgan fingerprint density at radius 3 is 2.77 bits per heavy atom. The van der Waals surface area contributed by atoms with Crippen molar-refractivity contribution in [3.8, 4) is 0 Å². The van der Waals surface area contributed by atoms with Crippen LogP contribution in [0.1, 0.15) is 44.7 Å². The topological polar surface area (TPSA) is 67.6 Å². The Kier molecular flexibility index (Phi) is 4.13. The van der Waals surface area contributed by atoms with Crippen molar-refractivity contribution in [3.05, 3.63) is 77.2 Å². The Morgan fingerprint density at radius 1 is 1.00 bits per heavy atom. The van der Waals surface area contributed by atoms with Crippen molar-refractivity contribution in [2.75, 3.05) is 13.1 Å². The molecule has 154 valence electrons. The van der Waals surface area contributed by atoms with E-state index in [1.165, 1.54) is 16.5 Å². The first kappa shape index (κ1) is 18.2. The number of rotatable bonds is 3. The van der Waals surface area contributed by atoms with Crippen molar-refractivity contribution < 1.29 is 9.59 Å². The molecule has 6 heteroatoms. The SMILES string of the molecule is O=C(c1ccc2c3c(cccc13)CC2)[C@@H]1CCCN(C(=O)c2cnn3cccnc23)C1. The summed E-state index contributed by atoms with van der Waals surface area (Å²) in [5, 5.41) is 6.55. The molecule has 0 saturated carbocycles. The average molecular weight is 410 g/mol. The molecule has 0 spiro atoms. The van der Waals surface area contributed by atoms with Gasteiger partial charge in [0.1, 0.15) is 5.56 Å². The molecule has 6 nitrogen and oxygen atoms in total. The zero-order valence-electron chi connectivity index (χ0n) is 17.1. The number of hydrogen-bond donors (Lipinski definition) is 0. The van der Waals surface area contributed by atoms with Crippen LogP contribution in [0.3, 0.4) is 0 Å². The molecule has 2 aliphatic rings. The second-order valence-electron chi connectivity index (χ2n) is 8.51. The van der Waals surface area contributed by atoms with Gasteiger partial charge in [0.15, 0.2) is 11.4 Å². The van der Waals surface area contributed by atoms with Crippen LogP contribution in [-0.2, 0) is 12.8 Å². The lowest BCUT2D eigenvalue weighted by Crippen LogP contribution is -2.42. The van der Waals surface area contributed by atoms with Gasteiger partial charge in [0.05, 0.1) is 6.20 Å². The highest BCUT2D eigenvalue weighted by molar-refractivity contribution is 6.11. The molecule has 1 fully saturated rings. The normalized spacial score (nSPS) is 18.1. The fraction of sp³-hybridized carbons (Fsp3) is 0.280. The van der Waals surface area contributed by atoms with E-state index in [1.54, 1.807) is 34.1 Å². The van der Waals surface area contributed by atoms with Crippen molar-refractivity contribution in [1.29, 1.82) is 0 Å². The second-order valence-corrected chi connectivity index (χ2v) is 8.51. The number of carbonyl (C=O) groups excluding carboxylic acids is 2. The summed E-state index contributed by atoms with van der Waals surface area (Å²) in [6.07, 6.45) is 8.71. The molecule has 1 saturated heterocycles. The number of Topliss-reactive ketones (excluding diaryl/α,β-unsaturated/α-hetero) is 1. The van der Waals surface area contributed by atoms with Gasteiger partial charge < -0.3 is 4.90 Å². The molecule has 1 aliphatic carbocycles. The van der Waals surface area contributed by atoms with Gasteiger partial charge in [-0.1, -0.05) is 30.3 Å². The fourth-order valence-corrected chi connectivity index (χ4v) is 5.21. The van der Waals surface area contributed by atoms with Gasteiger partial charge in [-0.15, -0.1) is 0 Å². The predicted molar refractivity (Wildman–Crippen MR) is 117 cm³/mol. The molecular formula is C25H22N4O2. The number of nitrogens with zero attached hydrogens (tertiary/aromatic N) is 4. The van der Waals surface area contributed by atoms with Gasteiger partial charge in [-0.05, 0) is 53.6 Å². The maximum Gasteiger partial charge on any atom is 0.259 e. The van der Waals surface area contributed by atoms with Crippen LogP contribution < -0.4 is 0 Å². The van der Waals surface area contributed by atoms with E-state index in [1.807, 2.05) is 6.07 Å². The van der Waals surface area contributed by atoms with Crippen molar-refractivity contribution >= 4 is 28.1 Å². The van der Waals surface area contributed by atoms with E-state index in [2.05, 4.69) is 34.3 Å². The number of hydrogen-bond acceptors (Lipinski definition) is 4. The highest BCUT2D eigenvalue weighted by Crippen LogP contribution is 2.34. The van der Waals surface area contributed by atoms with E-state index in [-0.39, 0.29) is 17.6 Å². The molecule has 0 radical (unpaired) electrons. The van der Waals surface area contributed by atoms with Crippen molar-refractivity contribution in [2.24, 2.45) is 5.92 Å². The Hall–Kier alpha value is -3.54. The largest absolute Gasteiger partial charge is 0.338 e. The maximum atomic E-state index is 13.6. The highest BCUT2D eigenvalue weighted by atomic mass is 16.2. The summed E-state index contributed by atoms with van der Waals surface area (Å²) in [6.45, 7) is 1.08. The minimum atomic E-state index is -0.189. The Bertz CT molecular complexity index is 1350. The van der Waals surface area contributed by atoms with Crippen LogP contribution >= 0.6 is 0 Å². The summed E-state index contributed by atoms with van der Waals surface area (Å²) in [6, 6.07) is 12.2. The third-order valence-electron chi connectivity index (χ3n) is 6.73. The number of piperidine rings is 1. The molecule has 0 N–H and O–H groups in total. The smallest absolute Gasteiger partial charge is 0.259 e. The van der Waals surface area contributed by atoms with E-state index in [4.69, 9.17) is 0 Å². The quantitative estimate of drug-likeness (QED) is 0.483. The van der Waals surface area contributed by atoms with Gasteiger partial charge in [-0.3, -0.25) is 9.59 Å². The summed E-state index contributed by atoms with van der Waals surface area (Å²) >= 11 is 0. The van der Waals surface area contributed by atoms with E-state index in [0.717, 1.165) is 36.6 Å². The summed E-state index contributed by atoms with van der Waals surface area (Å²) in [5.74, 6) is -0.149. The summed E-state index contributed by atoms with van der Waals surface area (Å²) in [5.41, 5.74) is 4.50. The molecule has 1 atom stereocenters. The van der Waals surface area contributed by atoms with Crippen LogP contribution in [0.5, 0.6) is 0 Å². The third-order valence-corrected chi connectivity index (χ3v) is 6.73. The van der Waals surface area contributed by atoms with Gasteiger partial charge in [0.25, 0.3) is 5.91 Å². The lowest BCUT2D eigenvalue weighted by atomic mass is 9.87. The van der Waals surface area contributed by atoms with Crippen LogP contribution in [0.25, 0.3) is 16.4 Å².